The van der Waals surface area contributed by atoms with E-state index in [-0.39, 0.29) is 67.3 Å². The first-order chi connectivity index (χ1) is 19.1. The standard InChI is InChI=1S/C30H35F5N2O3/c31-25-16-22(28(39)37-12-1-3-23(37)17-38)4-6-24(25)21-5-7-27(26(32)15-21)40-18-20-8-13-36(14-9-20)19-29(10-2-11-29)30(33,34)35/h4-7,15-16,20,23,38H,1-3,8-14,17-19H2. The zero-order chi connectivity index (χ0) is 28.5. The molecule has 2 saturated heterocycles. The SMILES string of the molecule is O=C(c1ccc(-c2ccc(OCC3CCN(CC4(C(F)(F)F)CCC4)CC3)c(F)c2)c(F)c1)N1CCCC1CO. The number of amides is 1. The number of likely N-dealkylation sites (tertiary alicyclic amines) is 2. The third-order valence-corrected chi connectivity index (χ3v) is 8.93. The maximum absolute atomic E-state index is 15.0. The fourth-order valence-electron chi connectivity index (χ4n) is 6.21. The van der Waals surface area contributed by atoms with Crippen LogP contribution in [0.4, 0.5) is 22.0 Å². The molecule has 0 radical (unpaired) electrons. The monoisotopic (exact) mass is 566 g/mol. The van der Waals surface area contributed by atoms with Crippen LogP contribution in [0.15, 0.2) is 36.4 Å². The largest absolute Gasteiger partial charge is 0.490 e. The van der Waals surface area contributed by atoms with Crippen LogP contribution in [0, 0.1) is 23.0 Å². The lowest BCUT2D eigenvalue weighted by Crippen LogP contribution is -2.53. The Morgan fingerprint density at radius 2 is 1.73 bits per heavy atom. The van der Waals surface area contributed by atoms with Gasteiger partial charge in [0, 0.05) is 24.2 Å². The van der Waals surface area contributed by atoms with E-state index in [2.05, 4.69) is 0 Å². The second kappa shape index (κ2) is 11.6. The maximum Gasteiger partial charge on any atom is 0.395 e. The summed E-state index contributed by atoms with van der Waals surface area (Å²) in [4.78, 5) is 16.2. The summed E-state index contributed by atoms with van der Waals surface area (Å²) in [6.45, 7) is 1.80. The summed E-state index contributed by atoms with van der Waals surface area (Å²) in [6.07, 6.45) is -0.299. The van der Waals surface area contributed by atoms with E-state index in [1.54, 1.807) is 11.0 Å². The van der Waals surface area contributed by atoms with Crippen LogP contribution in [0.25, 0.3) is 11.1 Å². The number of benzene rings is 2. The number of aliphatic hydroxyl groups excluding tert-OH is 1. The quantitative estimate of drug-likeness (QED) is 0.396. The molecular weight excluding hydrogens is 531 g/mol. The van der Waals surface area contributed by atoms with E-state index in [4.69, 9.17) is 4.74 Å². The number of carbonyl (C=O) groups is 1. The Labute approximate surface area is 230 Å². The molecule has 1 atom stereocenters. The van der Waals surface area contributed by atoms with E-state index >= 15 is 0 Å². The number of rotatable bonds is 8. The van der Waals surface area contributed by atoms with Crippen molar-refractivity contribution in [2.45, 2.75) is 57.2 Å². The lowest BCUT2D eigenvalue weighted by molar-refractivity contribution is -0.256. The van der Waals surface area contributed by atoms with Crippen molar-refractivity contribution in [2.75, 3.05) is 39.4 Å². The van der Waals surface area contributed by atoms with Gasteiger partial charge in [0.25, 0.3) is 5.91 Å². The lowest BCUT2D eigenvalue weighted by Gasteiger charge is -2.47. The molecule has 5 rings (SSSR count). The molecule has 3 aliphatic rings. The lowest BCUT2D eigenvalue weighted by atomic mass is 9.67. The van der Waals surface area contributed by atoms with Gasteiger partial charge in [-0.25, -0.2) is 8.78 Å². The molecule has 1 unspecified atom stereocenters. The highest BCUT2D eigenvalue weighted by Crippen LogP contribution is 2.53. The molecule has 218 valence electrons. The number of hydrogen-bond acceptors (Lipinski definition) is 4. The Balaban J connectivity index is 1.15. The van der Waals surface area contributed by atoms with Crippen molar-refractivity contribution < 1.29 is 36.6 Å². The van der Waals surface area contributed by atoms with E-state index in [0.29, 0.717) is 50.9 Å². The summed E-state index contributed by atoms with van der Waals surface area (Å²) in [7, 11) is 0. The van der Waals surface area contributed by atoms with Gasteiger partial charge in [-0.3, -0.25) is 4.79 Å². The Morgan fingerprint density at radius 1 is 0.975 bits per heavy atom. The van der Waals surface area contributed by atoms with Crippen molar-refractivity contribution in [3.8, 4) is 16.9 Å². The number of carbonyl (C=O) groups excluding carboxylic acids is 1. The Hall–Kier alpha value is -2.72. The topological polar surface area (TPSA) is 53.0 Å². The van der Waals surface area contributed by atoms with Gasteiger partial charge < -0.3 is 19.6 Å². The minimum Gasteiger partial charge on any atom is -0.490 e. The Bertz CT molecular complexity index is 1210. The summed E-state index contributed by atoms with van der Waals surface area (Å²) >= 11 is 0. The predicted octanol–water partition coefficient (Wildman–Crippen LogP) is 6.05. The molecule has 40 heavy (non-hydrogen) atoms. The molecule has 2 aliphatic heterocycles. The van der Waals surface area contributed by atoms with Crippen molar-refractivity contribution in [3.63, 3.8) is 0 Å². The van der Waals surface area contributed by atoms with Gasteiger partial charge in [-0.1, -0.05) is 18.6 Å². The highest BCUT2D eigenvalue weighted by Gasteiger charge is 2.58. The number of halogens is 5. The van der Waals surface area contributed by atoms with Crippen molar-refractivity contribution in [1.29, 1.82) is 0 Å². The van der Waals surface area contributed by atoms with E-state index in [0.717, 1.165) is 12.5 Å². The third-order valence-electron chi connectivity index (χ3n) is 8.93. The first-order valence-corrected chi connectivity index (χ1v) is 14.0. The molecule has 0 aromatic heterocycles. The highest BCUT2D eigenvalue weighted by atomic mass is 19.4. The van der Waals surface area contributed by atoms with Gasteiger partial charge in [0.05, 0.1) is 24.7 Å². The molecule has 3 fully saturated rings. The molecule has 2 heterocycles. The van der Waals surface area contributed by atoms with Gasteiger partial charge in [-0.15, -0.1) is 0 Å². The number of alkyl halides is 3. The van der Waals surface area contributed by atoms with Gasteiger partial charge in [0.2, 0.25) is 0 Å². The minimum atomic E-state index is -4.17. The first kappa shape index (κ1) is 28.8. The summed E-state index contributed by atoms with van der Waals surface area (Å²) in [6, 6.07) is 8.01. The Kier molecular flexibility index (Phi) is 8.38. The average molecular weight is 567 g/mol. The molecule has 1 aliphatic carbocycles. The smallest absolute Gasteiger partial charge is 0.395 e. The summed E-state index contributed by atoms with van der Waals surface area (Å²) in [5, 5.41) is 9.47. The summed E-state index contributed by atoms with van der Waals surface area (Å²) in [5.74, 6) is -1.49. The van der Waals surface area contributed by atoms with E-state index in [1.807, 2.05) is 4.90 Å². The normalized spacial score (nSPS) is 21.9. The molecule has 5 nitrogen and oxygen atoms in total. The van der Waals surface area contributed by atoms with Crippen molar-refractivity contribution in [2.24, 2.45) is 11.3 Å². The predicted molar refractivity (Wildman–Crippen MR) is 140 cm³/mol. The number of ether oxygens (including phenoxy) is 1. The summed E-state index contributed by atoms with van der Waals surface area (Å²) in [5.41, 5.74) is -0.932. The van der Waals surface area contributed by atoms with E-state index in [1.165, 1.54) is 24.3 Å². The van der Waals surface area contributed by atoms with Crippen LogP contribution in [-0.4, -0.2) is 72.4 Å². The minimum absolute atomic E-state index is 0.0351. The van der Waals surface area contributed by atoms with E-state index in [9.17, 15) is 31.9 Å². The highest BCUT2D eigenvalue weighted by molar-refractivity contribution is 5.95. The van der Waals surface area contributed by atoms with Gasteiger partial charge in [0.1, 0.15) is 5.82 Å². The van der Waals surface area contributed by atoms with Crippen molar-refractivity contribution in [3.05, 3.63) is 53.6 Å². The van der Waals surface area contributed by atoms with Crippen LogP contribution in [-0.2, 0) is 0 Å². The molecule has 1 saturated carbocycles. The van der Waals surface area contributed by atoms with Gasteiger partial charge in [-0.05, 0) is 87.4 Å². The molecule has 1 amide bonds. The third kappa shape index (κ3) is 5.84. The fourth-order valence-corrected chi connectivity index (χ4v) is 6.21. The van der Waals surface area contributed by atoms with Crippen molar-refractivity contribution >= 4 is 5.91 Å². The molecule has 2 aromatic rings. The molecule has 1 N–H and O–H groups in total. The summed E-state index contributed by atoms with van der Waals surface area (Å²) < 4.78 is 76.1. The first-order valence-electron chi connectivity index (χ1n) is 14.0. The van der Waals surface area contributed by atoms with Gasteiger partial charge in [-0.2, -0.15) is 13.2 Å². The van der Waals surface area contributed by atoms with Crippen molar-refractivity contribution in [1.82, 2.24) is 9.80 Å². The fraction of sp³-hybridized carbons (Fsp3) is 0.567. The molecule has 10 heteroatoms. The maximum atomic E-state index is 15.0. The van der Waals surface area contributed by atoms with E-state index < -0.39 is 23.2 Å². The van der Waals surface area contributed by atoms with Crippen LogP contribution in [0.1, 0.15) is 55.3 Å². The average Bonchev–Trinajstić information content (AvgIpc) is 3.38. The zero-order valence-electron chi connectivity index (χ0n) is 22.4. The van der Waals surface area contributed by atoms with Crippen LogP contribution in [0.3, 0.4) is 0 Å². The number of hydrogen-bond donors (Lipinski definition) is 1. The molecule has 2 aromatic carbocycles. The molecule has 0 spiro atoms. The second-order valence-corrected chi connectivity index (χ2v) is 11.5. The van der Waals surface area contributed by atoms with Crippen LogP contribution in [0.5, 0.6) is 5.75 Å². The molecule has 0 bridgehead atoms. The van der Waals surface area contributed by atoms with Gasteiger partial charge >= 0.3 is 6.18 Å². The van der Waals surface area contributed by atoms with Crippen LogP contribution < -0.4 is 4.74 Å². The second-order valence-electron chi connectivity index (χ2n) is 11.5. The number of piperidine rings is 1. The van der Waals surface area contributed by atoms with Gasteiger partial charge in [0.15, 0.2) is 11.6 Å². The van der Waals surface area contributed by atoms with Crippen LogP contribution >= 0.6 is 0 Å². The van der Waals surface area contributed by atoms with Crippen LogP contribution in [0.2, 0.25) is 0 Å². The molecular formula is C30H35F5N2O3. The number of nitrogens with zero attached hydrogens (tertiary/aromatic N) is 2. The number of aliphatic hydroxyl groups is 1. The zero-order valence-corrected chi connectivity index (χ0v) is 22.4. The Morgan fingerprint density at radius 3 is 2.33 bits per heavy atom.